The van der Waals surface area contributed by atoms with Crippen LogP contribution in [0.2, 0.25) is 0 Å². The number of carbonyl (C=O) groups excluding carboxylic acids is 1. The Bertz CT molecular complexity index is 452. The minimum Gasteiger partial charge on any atom is -0.460 e. The SMILES string of the molecule is CCCCCCC(=O)OC(C)COCc1ccccc1.CCCCCCCCC. The molecule has 0 fully saturated rings. The maximum Gasteiger partial charge on any atom is 0.306 e. The van der Waals surface area contributed by atoms with Crippen LogP contribution in [0.4, 0.5) is 0 Å². The summed E-state index contributed by atoms with van der Waals surface area (Å²) >= 11 is 0. The van der Waals surface area contributed by atoms with E-state index in [0.29, 0.717) is 19.6 Å². The summed E-state index contributed by atoms with van der Waals surface area (Å²) in [5.74, 6) is -0.114. The Morgan fingerprint density at radius 1 is 0.793 bits per heavy atom. The lowest BCUT2D eigenvalue weighted by molar-refractivity contribution is -0.151. The van der Waals surface area contributed by atoms with Crippen LogP contribution in [0, 0.1) is 0 Å². The molecule has 0 aromatic heterocycles. The highest BCUT2D eigenvalue weighted by Gasteiger charge is 2.09. The third-order valence-corrected chi connectivity index (χ3v) is 4.74. The van der Waals surface area contributed by atoms with Gasteiger partial charge in [-0.2, -0.15) is 0 Å². The molecule has 3 heteroatoms. The molecule has 1 rings (SSSR count). The lowest BCUT2D eigenvalue weighted by atomic mass is 10.1. The topological polar surface area (TPSA) is 35.5 Å². The lowest BCUT2D eigenvalue weighted by Crippen LogP contribution is -2.20. The Morgan fingerprint density at radius 3 is 1.86 bits per heavy atom. The summed E-state index contributed by atoms with van der Waals surface area (Å²) in [4.78, 5) is 11.6. The van der Waals surface area contributed by atoms with E-state index in [1.807, 2.05) is 37.3 Å². The number of esters is 1. The van der Waals surface area contributed by atoms with Crippen molar-refractivity contribution in [3.8, 4) is 0 Å². The van der Waals surface area contributed by atoms with Crippen molar-refractivity contribution in [3.63, 3.8) is 0 Å². The number of benzene rings is 1. The molecule has 0 bridgehead atoms. The number of rotatable bonds is 16. The Morgan fingerprint density at radius 2 is 1.31 bits per heavy atom. The molecule has 0 saturated carbocycles. The first-order valence-electron chi connectivity index (χ1n) is 11.9. The predicted octanol–water partition coefficient (Wildman–Crippen LogP) is 7.86. The molecule has 0 heterocycles. The molecule has 0 aliphatic rings. The fraction of sp³-hybridized carbons (Fsp3) is 0.731. The van der Waals surface area contributed by atoms with Gasteiger partial charge in [0.15, 0.2) is 0 Å². The monoisotopic (exact) mass is 406 g/mol. The molecule has 1 atom stereocenters. The molecule has 0 amide bonds. The number of ether oxygens (including phenoxy) is 2. The van der Waals surface area contributed by atoms with Crippen molar-refractivity contribution in [2.75, 3.05) is 6.61 Å². The van der Waals surface area contributed by atoms with E-state index in [1.54, 1.807) is 0 Å². The largest absolute Gasteiger partial charge is 0.460 e. The Balaban J connectivity index is 0.000000734. The highest BCUT2D eigenvalue weighted by molar-refractivity contribution is 5.69. The van der Waals surface area contributed by atoms with Gasteiger partial charge in [0.2, 0.25) is 0 Å². The van der Waals surface area contributed by atoms with Crippen molar-refractivity contribution in [2.45, 2.75) is 117 Å². The van der Waals surface area contributed by atoms with Gasteiger partial charge in [-0.3, -0.25) is 4.79 Å². The summed E-state index contributed by atoms with van der Waals surface area (Å²) in [7, 11) is 0. The predicted molar refractivity (Wildman–Crippen MR) is 124 cm³/mol. The van der Waals surface area contributed by atoms with E-state index < -0.39 is 0 Å². The molecular weight excluding hydrogens is 360 g/mol. The molecule has 168 valence electrons. The number of hydrogen-bond acceptors (Lipinski definition) is 3. The lowest BCUT2D eigenvalue weighted by Gasteiger charge is -2.13. The van der Waals surface area contributed by atoms with Crippen LogP contribution >= 0.6 is 0 Å². The number of carbonyl (C=O) groups is 1. The van der Waals surface area contributed by atoms with Gasteiger partial charge < -0.3 is 9.47 Å². The Labute approximate surface area is 180 Å². The molecule has 0 radical (unpaired) electrons. The van der Waals surface area contributed by atoms with Gasteiger partial charge in [-0.1, -0.05) is 115 Å². The number of unbranched alkanes of at least 4 members (excludes halogenated alkanes) is 9. The van der Waals surface area contributed by atoms with Gasteiger partial charge in [-0.05, 0) is 18.9 Å². The average molecular weight is 407 g/mol. The summed E-state index contributed by atoms with van der Waals surface area (Å²) in [5, 5.41) is 0. The van der Waals surface area contributed by atoms with Crippen LogP contribution < -0.4 is 0 Å². The molecule has 0 spiro atoms. The zero-order valence-corrected chi connectivity index (χ0v) is 19.6. The molecule has 3 nitrogen and oxygen atoms in total. The van der Waals surface area contributed by atoms with Crippen LogP contribution in [0.25, 0.3) is 0 Å². The average Bonchev–Trinajstić information content (AvgIpc) is 2.72. The number of hydrogen-bond donors (Lipinski definition) is 0. The minimum atomic E-state index is -0.183. The van der Waals surface area contributed by atoms with Crippen molar-refractivity contribution >= 4 is 5.97 Å². The summed E-state index contributed by atoms with van der Waals surface area (Å²) in [6.07, 6.45) is 14.7. The minimum absolute atomic E-state index is 0.114. The van der Waals surface area contributed by atoms with Crippen LogP contribution in [-0.2, 0) is 20.9 Å². The van der Waals surface area contributed by atoms with Crippen molar-refractivity contribution in [2.24, 2.45) is 0 Å². The van der Waals surface area contributed by atoms with Crippen molar-refractivity contribution in [3.05, 3.63) is 35.9 Å². The summed E-state index contributed by atoms with van der Waals surface area (Å²) in [5.41, 5.74) is 1.13. The van der Waals surface area contributed by atoms with Crippen molar-refractivity contribution in [1.82, 2.24) is 0 Å². The highest BCUT2D eigenvalue weighted by atomic mass is 16.6. The van der Waals surface area contributed by atoms with Gasteiger partial charge in [0.05, 0.1) is 13.2 Å². The second-order valence-electron chi connectivity index (χ2n) is 7.88. The zero-order chi connectivity index (χ0) is 21.6. The Kier molecular flexibility index (Phi) is 20.4. The molecule has 0 saturated heterocycles. The molecule has 29 heavy (non-hydrogen) atoms. The first-order valence-corrected chi connectivity index (χ1v) is 11.9. The van der Waals surface area contributed by atoms with Crippen LogP contribution in [0.3, 0.4) is 0 Å². The first-order chi connectivity index (χ1) is 14.1. The normalized spacial score (nSPS) is 11.4. The third kappa shape index (κ3) is 19.7. The second kappa shape index (κ2) is 21.4. The van der Waals surface area contributed by atoms with E-state index >= 15 is 0 Å². The van der Waals surface area contributed by atoms with E-state index in [4.69, 9.17) is 9.47 Å². The van der Waals surface area contributed by atoms with Crippen LogP contribution in [0.1, 0.15) is 110 Å². The molecule has 1 unspecified atom stereocenters. The van der Waals surface area contributed by atoms with Crippen molar-refractivity contribution in [1.29, 1.82) is 0 Å². The quantitative estimate of drug-likeness (QED) is 0.207. The zero-order valence-electron chi connectivity index (χ0n) is 19.6. The van der Waals surface area contributed by atoms with Gasteiger partial charge in [-0.15, -0.1) is 0 Å². The van der Waals surface area contributed by atoms with E-state index in [1.165, 1.54) is 57.8 Å². The summed E-state index contributed by atoms with van der Waals surface area (Å²) < 4.78 is 10.9. The second-order valence-corrected chi connectivity index (χ2v) is 7.88. The van der Waals surface area contributed by atoms with Gasteiger partial charge in [0.1, 0.15) is 6.10 Å². The van der Waals surface area contributed by atoms with Gasteiger partial charge in [0.25, 0.3) is 0 Å². The fourth-order valence-electron chi connectivity index (χ4n) is 2.96. The Hall–Kier alpha value is -1.35. The van der Waals surface area contributed by atoms with Gasteiger partial charge in [-0.25, -0.2) is 0 Å². The van der Waals surface area contributed by atoms with Crippen LogP contribution in [-0.4, -0.2) is 18.7 Å². The third-order valence-electron chi connectivity index (χ3n) is 4.74. The van der Waals surface area contributed by atoms with E-state index in [2.05, 4.69) is 20.8 Å². The highest BCUT2D eigenvalue weighted by Crippen LogP contribution is 2.07. The van der Waals surface area contributed by atoms with Gasteiger partial charge in [0, 0.05) is 6.42 Å². The fourth-order valence-corrected chi connectivity index (χ4v) is 2.96. The smallest absolute Gasteiger partial charge is 0.306 e. The maximum absolute atomic E-state index is 11.6. The van der Waals surface area contributed by atoms with Crippen LogP contribution in [0.5, 0.6) is 0 Å². The van der Waals surface area contributed by atoms with E-state index in [9.17, 15) is 4.79 Å². The molecule has 1 aromatic carbocycles. The van der Waals surface area contributed by atoms with Crippen molar-refractivity contribution < 1.29 is 14.3 Å². The maximum atomic E-state index is 11.6. The molecule has 0 aliphatic heterocycles. The first kappa shape index (κ1) is 27.6. The molecule has 0 aliphatic carbocycles. The summed E-state index contributed by atoms with van der Waals surface area (Å²) in [6, 6.07) is 9.98. The standard InChI is InChI=1S/C17H26O3.C9H20/c1-3-4-5-9-12-17(18)20-15(2)13-19-14-16-10-7-6-8-11-16;1-3-5-7-9-8-6-4-2/h6-8,10-11,15H,3-5,9,12-14H2,1-2H3;3-9H2,1-2H3. The van der Waals surface area contributed by atoms with E-state index in [0.717, 1.165) is 18.4 Å². The summed E-state index contributed by atoms with van der Waals surface area (Å²) in [6.45, 7) is 9.55. The van der Waals surface area contributed by atoms with Crippen LogP contribution in [0.15, 0.2) is 30.3 Å². The molecule has 0 N–H and O–H groups in total. The van der Waals surface area contributed by atoms with E-state index in [-0.39, 0.29) is 12.1 Å². The van der Waals surface area contributed by atoms with Gasteiger partial charge >= 0.3 is 5.97 Å². The molecular formula is C26H46O3. The molecule has 1 aromatic rings.